The average molecular weight is 464 g/mol. The Kier molecular flexibility index (Phi) is 7.09. The van der Waals surface area contributed by atoms with Gasteiger partial charge in [-0.2, -0.15) is 0 Å². The van der Waals surface area contributed by atoms with Gasteiger partial charge in [-0.05, 0) is 18.1 Å². The van der Waals surface area contributed by atoms with Gasteiger partial charge < -0.3 is 11.1 Å². The van der Waals surface area contributed by atoms with Crippen LogP contribution in [0.5, 0.6) is 0 Å². The second kappa shape index (κ2) is 9.42. The molecule has 0 bridgehead atoms. The van der Waals surface area contributed by atoms with E-state index in [1.165, 1.54) is 11.6 Å². The highest BCUT2D eigenvalue weighted by Gasteiger charge is 2.23. The Hall–Kier alpha value is -2.35. The second-order valence-electron chi connectivity index (χ2n) is 7.61. The highest BCUT2D eigenvalue weighted by molar-refractivity contribution is 6.36. The first kappa shape index (κ1) is 23.3. The third-order valence-electron chi connectivity index (χ3n) is 5.81. The molecule has 0 aliphatic carbocycles. The van der Waals surface area contributed by atoms with Crippen molar-refractivity contribution in [2.24, 2.45) is 25.7 Å². The number of nitrogens with two attached hydrogens (primary N) is 1. The monoisotopic (exact) mass is 463 g/mol. The molecule has 2 aromatic heterocycles. The van der Waals surface area contributed by atoms with E-state index in [4.69, 9.17) is 28.9 Å². The number of fused-ring (bicyclic) bond motifs is 1. The van der Waals surface area contributed by atoms with Gasteiger partial charge in [-0.3, -0.25) is 13.9 Å². The summed E-state index contributed by atoms with van der Waals surface area (Å²) in [6, 6.07) is 5.08. The van der Waals surface area contributed by atoms with Crippen LogP contribution in [0.15, 0.2) is 27.8 Å². The molecule has 0 fully saturated rings. The van der Waals surface area contributed by atoms with Crippen molar-refractivity contribution >= 4 is 40.1 Å². The first-order valence-electron chi connectivity index (χ1n) is 10.3. The maximum atomic E-state index is 13.2. The van der Waals surface area contributed by atoms with E-state index in [0.717, 1.165) is 17.4 Å². The quantitative estimate of drug-likeness (QED) is 0.553. The number of halogens is 2. The first-order chi connectivity index (χ1) is 14.7. The molecule has 0 aliphatic rings. The molecule has 0 aliphatic heterocycles. The van der Waals surface area contributed by atoms with Crippen LogP contribution in [0.2, 0.25) is 10.0 Å². The summed E-state index contributed by atoms with van der Waals surface area (Å²) in [5.41, 5.74) is 7.38. The summed E-state index contributed by atoms with van der Waals surface area (Å²) >= 11 is 12.6. The molecule has 0 unspecified atom stereocenters. The number of nitrogens with zero attached hydrogens (tertiary/aromatic N) is 3. The Morgan fingerprint density at radius 1 is 1.13 bits per heavy atom. The fraction of sp³-hybridized carbons (Fsp3) is 0.409. The largest absolute Gasteiger partial charge is 0.369 e. The molecular weight excluding hydrogens is 437 g/mol. The smallest absolute Gasteiger partial charge is 0.332 e. The van der Waals surface area contributed by atoms with Gasteiger partial charge in [0.15, 0.2) is 5.65 Å². The summed E-state index contributed by atoms with van der Waals surface area (Å²) in [6.07, 6.45) is 2.04. The van der Waals surface area contributed by atoms with Crippen LogP contribution in [0.25, 0.3) is 22.2 Å². The van der Waals surface area contributed by atoms with E-state index in [0.29, 0.717) is 50.4 Å². The summed E-state index contributed by atoms with van der Waals surface area (Å²) in [5.74, 6) is 1.00. The Labute approximate surface area is 190 Å². The predicted molar refractivity (Wildman–Crippen MR) is 128 cm³/mol. The Balaban J connectivity index is 2.45. The van der Waals surface area contributed by atoms with E-state index >= 15 is 0 Å². The number of rotatable bonds is 7. The van der Waals surface area contributed by atoms with Crippen LogP contribution in [0.4, 0.5) is 5.82 Å². The van der Waals surface area contributed by atoms with Crippen LogP contribution in [0.3, 0.4) is 0 Å². The van der Waals surface area contributed by atoms with Crippen LogP contribution in [-0.2, 0) is 20.6 Å². The first-order valence-corrected chi connectivity index (χ1v) is 11.0. The van der Waals surface area contributed by atoms with Crippen molar-refractivity contribution in [1.82, 2.24) is 14.1 Å². The van der Waals surface area contributed by atoms with Gasteiger partial charge in [0.2, 0.25) is 0 Å². The Bertz CT molecular complexity index is 1250. The zero-order valence-corrected chi connectivity index (χ0v) is 19.6. The van der Waals surface area contributed by atoms with E-state index in [-0.39, 0.29) is 12.2 Å². The van der Waals surface area contributed by atoms with Gasteiger partial charge in [0.05, 0.1) is 5.39 Å². The number of pyridine rings is 1. The minimum absolute atomic E-state index is 0.133. The van der Waals surface area contributed by atoms with Gasteiger partial charge in [0.1, 0.15) is 5.82 Å². The van der Waals surface area contributed by atoms with E-state index < -0.39 is 11.2 Å². The lowest BCUT2D eigenvalue weighted by Crippen LogP contribution is -2.38. The van der Waals surface area contributed by atoms with Gasteiger partial charge in [-0.1, -0.05) is 56.0 Å². The molecular formula is C22H27Cl2N5O2. The van der Waals surface area contributed by atoms with Crippen molar-refractivity contribution in [2.45, 2.75) is 33.2 Å². The summed E-state index contributed by atoms with van der Waals surface area (Å²) < 4.78 is 2.43. The van der Waals surface area contributed by atoms with Crippen molar-refractivity contribution in [3.8, 4) is 11.1 Å². The average Bonchev–Trinajstić information content (AvgIpc) is 2.76. The van der Waals surface area contributed by atoms with E-state index in [1.807, 2.05) is 0 Å². The third kappa shape index (κ3) is 4.22. The van der Waals surface area contributed by atoms with Gasteiger partial charge in [0, 0.05) is 53.9 Å². The molecule has 0 spiro atoms. The van der Waals surface area contributed by atoms with Crippen LogP contribution < -0.4 is 22.3 Å². The van der Waals surface area contributed by atoms with Crippen molar-refractivity contribution in [3.63, 3.8) is 0 Å². The highest BCUT2D eigenvalue weighted by Crippen LogP contribution is 2.38. The molecule has 9 heteroatoms. The molecule has 1 aromatic carbocycles. The lowest BCUT2D eigenvalue weighted by atomic mass is 9.96. The van der Waals surface area contributed by atoms with Crippen LogP contribution >= 0.6 is 23.2 Å². The second-order valence-corrected chi connectivity index (χ2v) is 8.45. The van der Waals surface area contributed by atoms with Crippen molar-refractivity contribution < 1.29 is 0 Å². The molecule has 7 nitrogen and oxygen atoms in total. The van der Waals surface area contributed by atoms with E-state index in [1.54, 1.807) is 25.2 Å². The molecule has 31 heavy (non-hydrogen) atoms. The summed E-state index contributed by atoms with van der Waals surface area (Å²) in [5, 5.41) is 4.56. The number of aryl methyl sites for hydroxylation is 1. The summed E-state index contributed by atoms with van der Waals surface area (Å²) in [7, 11) is 3.04. The minimum Gasteiger partial charge on any atom is -0.369 e. The fourth-order valence-corrected chi connectivity index (χ4v) is 4.28. The summed E-state index contributed by atoms with van der Waals surface area (Å²) in [6.45, 7) is 5.11. The number of hydrogen-bond acceptors (Lipinski definition) is 5. The van der Waals surface area contributed by atoms with Crippen LogP contribution in [0.1, 0.15) is 32.3 Å². The molecule has 166 valence electrons. The molecule has 0 atom stereocenters. The standard InChI is InChI=1S/C22H27Cl2N5O2/c1-5-12(6-2)11-26-19-15(10-25)17(14-8-7-13(23)9-16(14)24)18-20(27-19)28(3)22(31)29(4)21(18)30/h7-9,12H,5-6,10-11,25H2,1-4H3,(H,26,27). The minimum atomic E-state index is -0.454. The predicted octanol–water partition coefficient (Wildman–Crippen LogP) is 3.91. The Morgan fingerprint density at radius 3 is 2.39 bits per heavy atom. The highest BCUT2D eigenvalue weighted by atomic mass is 35.5. The van der Waals surface area contributed by atoms with Gasteiger partial charge >= 0.3 is 5.69 Å². The maximum absolute atomic E-state index is 13.2. The molecule has 3 rings (SSSR count). The third-order valence-corrected chi connectivity index (χ3v) is 6.35. The number of aromatic nitrogens is 3. The van der Waals surface area contributed by atoms with Crippen LogP contribution in [0, 0.1) is 5.92 Å². The van der Waals surface area contributed by atoms with Gasteiger partial charge in [-0.15, -0.1) is 0 Å². The number of benzene rings is 1. The topological polar surface area (TPSA) is 94.9 Å². The molecule has 2 heterocycles. The Morgan fingerprint density at radius 2 is 1.81 bits per heavy atom. The van der Waals surface area contributed by atoms with E-state index in [2.05, 4.69) is 24.1 Å². The molecule has 0 saturated heterocycles. The molecule has 3 aromatic rings. The molecule has 0 saturated carbocycles. The van der Waals surface area contributed by atoms with Crippen LogP contribution in [-0.4, -0.2) is 20.7 Å². The van der Waals surface area contributed by atoms with Crippen molar-refractivity contribution in [2.75, 3.05) is 11.9 Å². The van der Waals surface area contributed by atoms with Gasteiger partial charge in [0.25, 0.3) is 5.56 Å². The molecule has 0 radical (unpaired) electrons. The zero-order chi connectivity index (χ0) is 22.9. The maximum Gasteiger partial charge on any atom is 0.332 e. The fourth-order valence-electron chi connectivity index (χ4n) is 3.78. The molecule has 3 N–H and O–H groups in total. The zero-order valence-electron chi connectivity index (χ0n) is 18.1. The molecule has 0 amide bonds. The number of hydrogen-bond donors (Lipinski definition) is 2. The lowest BCUT2D eigenvalue weighted by Gasteiger charge is -2.21. The normalized spacial score (nSPS) is 11.5. The lowest BCUT2D eigenvalue weighted by molar-refractivity contribution is 0.518. The van der Waals surface area contributed by atoms with E-state index in [9.17, 15) is 9.59 Å². The van der Waals surface area contributed by atoms with Gasteiger partial charge in [-0.25, -0.2) is 9.78 Å². The summed E-state index contributed by atoms with van der Waals surface area (Å²) in [4.78, 5) is 30.4. The number of nitrogens with one attached hydrogen (secondary N) is 1. The van der Waals surface area contributed by atoms with Crippen molar-refractivity contribution in [3.05, 3.63) is 54.6 Å². The number of anilines is 1. The van der Waals surface area contributed by atoms with Crippen molar-refractivity contribution in [1.29, 1.82) is 0 Å². The SMILES string of the molecule is CCC(CC)CNc1nc2c(c(-c3ccc(Cl)cc3Cl)c1CN)c(=O)n(C)c(=O)n2C.